The molecule has 0 amide bonds. The first kappa shape index (κ1) is 8.62. The molecule has 1 nitrogen and oxygen atoms in total. The van der Waals surface area contributed by atoms with Gasteiger partial charge in [-0.15, -0.1) is 0 Å². The zero-order valence-corrected chi connectivity index (χ0v) is 8.47. The van der Waals surface area contributed by atoms with Crippen molar-refractivity contribution < 1.29 is 4.65 Å². The normalized spacial score (nSPS) is 41.0. The molecule has 68 valence electrons. The van der Waals surface area contributed by atoms with Crippen LogP contribution in [0.2, 0.25) is 11.1 Å². The molecule has 2 aliphatic rings. The summed E-state index contributed by atoms with van der Waals surface area (Å²) in [5.41, 5.74) is 0. The van der Waals surface area contributed by atoms with Gasteiger partial charge < -0.3 is 4.65 Å². The van der Waals surface area contributed by atoms with Crippen LogP contribution < -0.4 is 0 Å². The van der Waals surface area contributed by atoms with E-state index in [4.69, 9.17) is 4.65 Å². The number of hydrogen-bond acceptors (Lipinski definition) is 1. The van der Waals surface area contributed by atoms with Gasteiger partial charge in [0.1, 0.15) is 0 Å². The van der Waals surface area contributed by atoms with E-state index in [2.05, 4.69) is 20.8 Å². The SMILES string of the molecule is CC(C)C1CCC2(C)CCOB12. The van der Waals surface area contributed by atoms with E-state index in [1.165, 1.54) is 19.3 Å². The Bertz CT molecular complexity index is 181. The van der Waals surface area contributed by atoms with Crippen molar-refractivity contribution in [2.24, 2.45) is 5.92 Å². The predicted molar refractivity (Wildman–Crippen MR) is 52.5 cm³/mol. The van der Waals surface area contributed by atoms with Crippen LogP contribution >= 0.6 is 0 Å². The number of rotatable bonds is 1. The van der Waals surface area contributed by atoms with Gasteiger partial charge in [-0.05, 0) is 23.5 Å². The summed E-state index contributed by atoms with van der Waals surface area (Å²) < 4.78 is 5.85. The van der Waals surface area contributed by atoms with Crippen molar-refractivity contribution in [1.82, 2.24) is 0 Å². The molecular formula is C10H19BO. The van der Waals surface area contributed by atoms with E-state index in [0.717, 1.165) is 18.3 Å². The van der Waals surface area contributed by atoms with Crippen LogP contribution in [0.3, 0.4) is 0 Å². The molecule has 0 radical (unpaired) electrons. The molecule has 2 heterocycles. The molecule has 2 heteroatoms. The van der Waals surface area contributed by atoms with Crippen molar-refractivity contribution in [2.75, 3.05) is 6.61 Å². The average Bonchev–Trinajstić information content (AvgIpc) is 2.43. The van der Waals surface area contributed by atoms with E-state index in [1.54, 1.807) is 0 Å². The molecule has 0 aromatic rings. The fraction of sp³-hybridized carbons (Fsp3) is 1.00. The van der Waals surface area contributed by atoms with E-state index >= 15 is 0 Å². The molecule has 0 saturated carbocycles. The van der Waals surface area contributed by atoms with E-state index < -0.39 is 0 Å². The van der Waals surface area contributed by atoms with Gasteiger partial charge in [-0.3, -0.25) is 0 Å². The zero-order chi connectivity index (χ0) is 8.77. The third-order valence-electron chi connectivity index (χ3n) is 3.95. The highest BCUT2D eigenvalue weighted by molar-refractivity contribution is 6.59. The molecular weight excluding hydrogens is 147 g/mol. The van der Waals surface area contributed by atoms with Crippen molar-refractivity contribution in [2.45, 2.75) is 51.2 Å². The Hall–Kier alpha value is 0.0249. The van der Waals surface area contributed by atoms with Crippen LogP contribution in [-0.2, 0) is 4.65 Å². The Labute approximate surface area is 76.0 Å². The van der Waals surface area contributed by atoms with Crippen LogP contribution in [0.1, 0.15) is 40.0 Å². The first-order valence-electron chi connectivity index (χ1n) is 5.25. The summed E-state index contributed by atoms with van der Waals surface area (Å²) >= 11 is 0. The third-order valence-corrected chi connectivity index (χ3v) is 3.95. The molecule has 0 aromatic heterocycles. The Kier molecular flexibility index (Phi) is 1.98. The van der Waals surface area contributed by atoms with Crippen LogP contribution in [0.4, 0.5) is 0 Å². The molecule has 0 bridgehead atoms. The Morgan fingerprint density at radius 2 is 2.17 bits per heavy atom. The second-order valence-electron chi connectivity index (χ2n) is 5.14. The average molecular weight is 166 g/mol. The van der Waals surface area contributed by atoms with Gasteiger partial charge >= 0.3 is 6.92 Å². The van der Waals surface area contributed by atoms with Crippen LogP contribution in [0.25, 0.3) is 0 Å². The quantitative estimate of drug-likeness (QED) is 0.544. The molecule has 2 rings (SSSR count). The second kappa shape index (κ2) is 2.76. The molecule has 2 unspecified atom stereocenters. The van der Waals surface area contributed by atoms with E-state index in [0.29, 0.717) is 12.2 Å². The van der Waals surface area contributed by atoms with Crippen LogP contribution in [0, 0.1) is 5.92 Å². The Balaban J connectivity index is 2.13. The van der Waals surface area contributed by atoms with Crippen LogP contribution in [0.5, 0.6) is 0 Å². The number of fused-ring (bicyclic) bond motifs is 1. The molecule has 0 N–H and O–H groups in total. The fourth-order valence-electron chi connectivity index (χ4n) is 3.00. The second-order valence-corrected chi connectivity index (χ2v) is 5.14. The van der Waals surface area contributed by atoms with Gasteiger partial charge in [-0.2, -0.15) is 0 Å². The summed E-state index contributed by atoms with van der Waals surface area (Å²) in [6.07, 6.45) is 4.07. The Morgan fingerprint density at radius 1 is 1.42 bits per heavy atom. The summed E-state index contributed by atoms with van der Waals surface area (Å²) in [5, 5.41) is 0.537. The summed E-state index contributed by atoms with van der Waals surface area (Å²) in [6, 6.07) is 0. The van der Waals surface area contributed by atoms with Crippen molar-refractivity contribution in [3.63, 3.8) is 0 Å². The lowest BCUT2D eigenvalue weighted by Crippen LogP contribution is -2.26. The predicted octanol–water partition coefficient (Wildman–Crippen LogP) is 2.98. The van der Waals surface area contributed by atoms with Gasteiger partial charge in [0.05, 0.1) is 0 Å². The van der Waals surface area contributed by atoms with Gasteiger partial charge in [0.25, 0.3) is 0 Å². The Morgan fingerprint density at radius 3 is 2.83 bits per heavy atom. The maximum atomic E-state index is 5.85. The van der Waals surface area contributed by atoms with Gasteiger partial charge in [-0.1, -0.05) is 33.6 Å². The monoisotopic (exact) mass is 166 g/mol. The van der Waals surface area contributed by atoms with Crippen molar-refractivity contribution in [1.29, 1.82) is 0 Å². The van der Waals surface area contributed by atoms with Gasteiger partial charge in [0.15, 0.2) is 0 Å². The maximum absolute atomic E-state index is 5.85. The lowest BCUT2D eigenvalue weighted by atomic mass is 9.43. The standard InChI is InChI=1S/C10H19BO/c1-8(2)9-4-5-10(3)6-7-12-11(9)10/h8-9H,4-7H2,1-3H3. The fourth-order valence-corrected chi connectivity index (χ4v) is 3.00. The molecule has 0 aromatic carbocycles. The van der Waals surface area contributed by atoms with Gasteiger partial charge in [0, 0.05) is 6.61 Å². The molecule has 12 heavy (non-hydrogen) atoms. The van der Waals surface area contributed by atoms with Gasteiger partial charge in [-0.25, -0.2) is 0 Å². The van der Waals surface area contributed by atoms with Crippen LogP contribution in [-0.4, -0.2) is 13.5 Å². The molecule has 2 fully saturated rings. The summed E-state index contributed by atoms with van der Waals surface area (Å²) in [6.45, 7) is 8.66. The highest BCUT2D eigenvalue weighted by atomic mass is 16.4. The van der Waals surface area contributed by atoms with Crippen LogP contribution in [0.15, 0.2) is 0 Å². The van der Waals surface area contributed by atoms with Crippen molar-refractivity contribution in [3.8, 4) is 0 Å². The first-order chi connectivity index (χ1) is 5.63. The van der Waals surface area contributed by atoms with Crippen molar-refractivity contribution in [3.05, 3.63) is 0 Å². The van der Waals surface area contributed by atoms with E-state index in [-0.39, 0.29) is 0 Å². The zero-order valence-electron chi connectivity index (χ0n) is 8.47. The molecule has 0 aliphatic carbocycles. The number of hydrogen-bond donors (Lipinski definition) is 0. The summed E-state index contributed by atoms with van der Waals surface area (Å²) in [7, 11) is 0. The largest absolute Gasteiger partial charge is 0.435 e. The lowest BCUT2D eigenvalue weighted by molar-refractivity contribution is 0.335. The smallest absolute Gasteiger partial charge is 0.302 e. The highest BCUT2D eigenvalue weighted by Gasteiger charge is 2.53. The topological polar surface area (TPSA) is 9.23 Å². The minimum Gasteiger partial charge on any atom is -0.435 e. The lowest BCUT2D eigenvalue weighted by Gasteiger charge is -2.22. The van der Waals surface area contributed by atoms with E-state index in [1.807, 2.05) is 0 Å². The summed E-state index contributed by atoms with van der Waals surface area (Å²) in [4.78, 5) is 0. The molecule has 2 aliphatic heterocycles. The first-order valence-corrected chi connectivity index (χ1v) is 5.25. The minimum atomic E-state index is 0.537. The van der Waals surface area contributed by atoms with E-state index in [9.17, 15) is 0 Å². The highest BCUT2D eigenvalue weighted by Crippen LogP contribution is 2.57. The van der Waals surface area contributed by atoms with Crippen molar-refractivity contribution >= 4 is 6.92 Å². The van der Waals surface area contributed by atoms with Gasteiger partial charge in [0.2, 0.25) is 0 Å². The maximum Gasteiger partial charge on any atom is 0.302 e. The molecule has 2 atom stereocenters. The minimum absolute atomic E-state index is 0.537. The summed E-state index contributed by atoms with van der Waals surface area (Å²) in [5.74, 6) is 1.63. The molecule has 2 saturated heterocycles. The third kappa shape index (κ3) is 1.12. The molecule has 0 spiro atoms.